The summed E-state index contributed by atoms with van der Waals surface area (Å²) in [5.74, 6) is -0.919. The second kappa shape index (κ2) is 5.28. The van der Waals surface area contributed by atoms with Gasteiger partial charge in [-0.1, -0.05) is 11.8 Å². The second-order valence-corrected chi connectivity index (χ2v) is 5.97. The van der Waals surface area contributed by atoms with Crippen LogP contribution in [0.2, 0.25) is 0 Å². The summed E-state index contributed by atoms with van der Waals surface area (Å²) in [6.45, 7) is 0. The molecule has 0 amide bonds. The summed E-state index contributed by atoms with van der Waals surface area (Å²) in [5.41, 5.74) is 2.43. The predicted molar refractivity (Wildman–Crippen MR) is 75.2 cm³/mol. The minimum absolute atomic E-state index is 0.291. The first-order chi connectivity index (χ1) is 9.63. The molecule has 2 aromatic rings. The van der Waals surface area contributed by atoms with Crippen molar-refractivity contribution in [3.63, 3.8) is 0 Å². The molecule has 0 saturated heterocycles. The lowest BCUT2D eigenvalue weighted by Crippen LogP contribution is -2.10. The van der Waals surface area contributed by atoms with Crippen LogP contribution in [0.3, 0.4) is 0 Å². The number of hydrogen-bond donors (Lipinski definition) is 1. The van der Waals surface area contributed by atoms with E-state index in [-0.39, 0.29) is 0 Å². The Morgan fingerprint density at radius 1 is 1.40 bits per heavy atom. The van der Waals surface area contributed by atoms with Gasteiger partial charge in [0.05, 0.1) is 16.7 Å². The zero-order chi connectivity index (χ0) is 14.1. The fourth-order valence-corrected chi connectivity index (χ4v) is 3.35. The zero-order valence-corrected chi connectivity index (χ0v) is 12.0. The number of aromatic nitrogens is 3. The highest BCUT2D eigenvalue weighted by Gasteiger charge is 2.19. The first kappa shape index (κ1) is 13.2. The number of carbonyl (C=O) groups is 1. The van der Waals surface area contributed by atoms with Crippen molar-refractivity contribution >= 4 is 17.7 Å². The highest BCUT2D eigenvalue weighted by molar-refractivity contribution is 7.99. The number of nitrogens with zero attached hydrogens (tertiary/aromatic N) is 3. The Balaban J connectivity index is 2.01. The van der Waals surface area contributed by atoms with E-state index in [0.717, 1.165) is 41.8 Å². The summed E-state index contributed by atoms with van der Waals surface area (Å²) in [7, 11) is 1.84. The summed E-state index contributed by atoms with van der Waals surface area (Å²) in [6, 6.07) is 1.79. The number of aryl methyl sites for hydroxylation is 3. The molecule has 0 fully saturated rings. The second-order valence-electron chi connectivity index (χ2n) is 4.91. The monoisotopic (exact) mass is 289 g/mol. The first-order valence-corrected chi connectivity index (χ1v) is 7.38. The van der Waals surface area contributed by atoms with Crippen molar-refractivity contribution in [1.29, 1.82) is 0 Å². The standard InChI is InChI=1S/C14H15N3O2S/c1-17-8-10(7-15-17)20-13-11(14(18)19)6-9-4-2-3-5-12(9)16-13/h6-8H,2-5H2,1H3,(H,18,19). The zero-order valence-electron chi connectivity index (χ0n) is 11.2. The normalized spacial score (nSPS) is 14.1. The molecule has 2 aromatic heterocycles. The molecule has 1 aliphatic carbocycles. The SMILES string of the molecule is Cn1cc(Sc2nc3c(cc2C(=O)O)CCCC3)cn1. The molecule has 2 heterocycles. The molecule has 6 heteroatoms. The number of rotatable bonds is 3. The number of fused-ring (bicyclic) bond motifs is 1. The van der Waals surface area contributed by atoms with Crippen molar-refractivity contribution in [2.75, 3.05) is 0 Å². The predicted octanol–water partition coefficient (Wildman–Crippen LogP) is 2.54. The highest BCUT2D eigenvalue weighted by atomic mass is 32.2. The third kappa shape index (κ3) is 2.56. The van der Waals surface area contributed by atoms with E-state index in [9.17, 15) is 9.90 Å². The van der Waals surface area contributed by atoms with Crippen LogP contribution < -0.4 is 0 Å². The van der Waals surface area contributed by atoms with E-state index in [1.165, 1.54) is 11.8 Å². The van der Waals surface area contributed by atoms with Crippen LogP contribution in [0.15, 0.2) is 28.4 Å². The summed E-state index contributed by atoms with van der Waals surface area (Å²) in [4.78, 5) is 16.9. The summed E-state index contributed by atoms with van der Waals surface area (Å²) in [5, 5.41) is 14.0. The van der Waals surface area contributed by atoms with Gasteiger partial charge in [0.1, 0.15) is 5.03 Å². The molecule has 3 rings (SSSR count). The van der Waals surface area contributed by atoms with Crippen LogP contribution in [0.25, 0.3) is 0 Å². The molecule has 0 spiro atoms. The Bertz CT molecular complexity index is 666. The Hall–Kier alpha value is -1.82. The third-order valence-electron chi connectivity index (χ3n) is 3.39. The fraction of sp³-hybridized carbons (Fsp3) is 0.357. The van der Waals surface area contributed by atoms with E-state index >= 15 is 0 Å². The van der Waals surface area contributed by atoms with Gasteiger partial charge in [0, 0.05) is 18.9 Å². The van der Waals surface area contributed by atoms with Crippen molar-refractivity contribution in [2.24, 2.45) is 7.05 Å². The van der Waals surface area contributed by atoms with Crippen LogP contribution in [-0.4, -0.2) is 25.8 Å². The van der Waals surface area contributed by atoms with Crippen molar-refractivity contribution in [3.05, 3.63) is 35.3 Å². The molecule has 0 atom stereocenters. The molecule has 0 bridgehead atoms. The van der Waals surface area contributed by atoms with Crippen molar-refractivity contribution in [2.45, 2.75) is 35.6 Å². The maximum atomic E-state index is 11.4. The lowest BCUT2D eigenvalue weighted by Gasteiger charge is -2.16. The molecule has 0 aromatic carbocycles. The van der Waals surface area contributed by atoms with Gasteiger partial charge in [-0.2, -0.15) is 5.10 Å². The van der Waals surface area contributed by atoms with Crippen molar-refractivity contribution in [3.8, 4) is 0 Å². The Kier molecular flexibility index (Phi) is 3.48. The Morgan fingerprint density at radius 3 is 2.90 bits per heavy atom. The van der Waals surface area contributed by atoms with Gasteiger partial charge in [-0.25, -0.2) is 9.78 Å². The van der Waals surface area contributed by atoms with Gasteiger partial charge in [0.15, 0.2) is 0 Å². The van der Waals surface area contributed by atoms with Crippen LogP contribution in [0.1, 0.15) is 34.5 Å². The van der Waals surface area contributed by atoms with Gasteiger partial charge < -0.3 is 5.11 Å². The van der Waals surface area contributed by atoms with Gasteiger partial charge in [-0.15, -0.1) is 0 Å². The van der Waals surface area contributed by atoms with Gasteiger partial charge >= 0.3 is 5.97 Å². The first-order valence-electron chi connectivity index (χ1n) is 6.56. The number of hydrogen-bond acceptors (Lipinski definition) is 4. The largest absolute Gasteiger partial charge is 0.478 e. The Morgan fingerprint density at radius 2 is 2.20 bits per heavy atom. The van der Waals surface area contributed by atoms with Gasteiger partial charge in [-0.05, 0) is 37.3 Å². The Labute approximate surface area is 121 Å². The van der Waals surface area contributed by atoms with E-state index in [0.29, 0.717) is 10.6 Å². The van der Waals surface area contributed by atoms with Crippen LogP contribution in [0.5, 0.6) is 0 Å². The molecule has 0 unspecified atom stereocenters. The summed E-state index contributed by atoms with van der Waals surface area (Å²) in [6.07, 6.45) is 7.69. The quantitative estimate of drug-likeness (QED) is 0.940. The maximum absolute atomic E-state index is 11.4. The van der Waals surface area contributed by atoms with E-state index in [1.807, 2.05) is 13.2 Å². The lowest BCUT2D eigenvalue weighted by molar-refractivity contribution is 0.0692. The number of aromatic carboxylic acids is 1. The topological polar surface area (TPSA) is 68.0 Å². The molecule has 0 radical (unpaired) electrons. The molecular formula is C14H15N3O2S. The van der Waals surface area contributed by atoms with E-state index in [1.54, 1.807) is 16.9 Å². The van der Waals surface area contributed by atoms with E-state index in [4.69, 9.17) is 0 Å². The lowest BCUT2D eigenvalue weighted by atomic mass is 9.95. The minimum Gasteiger partial charge on any atom is -0.478 e. The van der Waals surface area contributed by atoms with Gasteiger partial charge in [-0.3, -0.25) is 4.68 Å². The van der Waals surface area contributed by atoms with Crippen LogP contribution in [0, 0.1) is 0 Å². The van der Waals surface area contributed by atoms with Crippen molar-refractivity contribution < 1.29 is 9.90 Å². The van der Waals surface area contributed by atoms with Crippen LogP contribution in [-0.2, 0) is 19.9 Å². The highest BCUT2D eigenvalue weighted by Crippen LogP contribution is 2.32. The third-order valence-corrected chi connectivity index (χ3v) is 4.34. The number of carboxylic acid groups (broad SMARTS) is 1. The van der Waals surface area contributed by atoms with Crippen molar-refractivity contribution in [1.82, 2.24) is 14.8 Å². The van der Waals surface area contributed by atoms with Gasteiger partial charge in [0.25, 0.3) is 0 Å². The molecule has 0 aliphatic heterocycles. The molecule has 1 N–H and O–H groups in total. The maximum Gasteiger partial charge on any atom is 0.338 e. The van der Waals surface area contributed by atoms with Crippen LogP contribution >= 0.6 is 11.8 Å². The minimum atomic E-state index is -0.919. The number of pyridine rings is 1. The molecule has 0 saturated carbocycles. The molecule has 1 aliphatic rings. The van der Waals surface area contributed by atoms with Crippen LogP contribution in [0.4, 0.5) is 0 Å². The molecule has 20 heavy (non-hydrogen) atoms. The van der Waals surface area contributed by atoms with E-state index < -0.39 is 5.97 Å². The van der Waals surface area contributed by atoms with Gasteiger partial charge in [0.2, 0.25) is 0 Å². The smallest absolute Gasteiger partial charge is 0.338 e. The average Bonchev–Trinajstić information content (AvgIpc) is 2.83. The van der Waals surface area contributed by atoms with E-state index in [2.05, 4.69) is 10.1 Å². The summed E-state index contributed by atoms with van der Waals surface area (Å²) < 4.78 is 1.70. The average molecular weight is 289 g/mol. The fourth-order valence-electron chi connectivity index (χ4n) is 2.41. The molecular weight excluding hydrogens is 274 g/mol. The summed E-state index contributed by atoms with van der Waals surface area (Å²) >= 11 is 1.36. The molecule has 104 valence electrons. The molecule has 5 nitrogen and oxygen atoms in total. The number of carboxylic acids is 1.